The first-order chi connectivity index (χ1) is 12.1. The van der Waals surface area contributed by atoms with Gasteiger partial charge in [0.25, 0.3) is 0 Å². The number of hydrogen-bond donors (Lipinski definition) is 1. The molecule has 1 fully saturated rings. The maximum absolute atomic E-state index is 12.9. The molecule has 4 rings (SSSR count). The van der Waals surface area contributed by atoms with Crippen LogP contribution in [0.15, 0.2) is 41.2 Å². The summed E-state index contributed by atoms with van der Waals surface area (Å²) < 4.78 is 7.64. The van der Waals surface area contributed by atoms with Crippen LogP contribution in [0, 0.1) is 0 Å². The Hall–Kier alpha value is -2.53. The highest BCUT2D eigenvalue weighted by molar-refractivity contribution is 6.33. The van der Waals surface area contributed by atoms with Crippen LogP contribution in [0.5, 0.6) is 5.75 Å². The van der Waals surface area contributed by atoms with E-state index in [0.717, 1.165) is 19.3 Å². The summed E-state index contributed by atoms with van der Waals surface area (Å²) in [6.07, 6.45) is 3.02. The van der Waals surface area contributed by atoms with Gasteiger partial charge in [-0.3, -0.25) is 9.59 Å². The third-order valence-electron chi connectivity index (χ3n) is 4.67. The van der Waals surface area contributed by atoms with E-state index in [-0.39, 0.29) is 18.1 Å². The molecule has 0 unspecified atom stereocenters. The van der Waals surface area contributed by atoms with Crippen LogP contribution in [0.3, 0.4) is 0 Å². The predicted molar refractivity (Wildman–Crippen MR) is 96.6 cm³/mol. The second-order valence-corrected chi connectivity index (χ2v) is 6.68. The molecule has 6 heteroatoms. The highest BCUT2D eigenvalue weighted by atomic mass is 35.5. The van der Waals surface area contributed by atoms with E-state index in [1.165, 1.54) is 0 Å². The fourth-order valence-electron chi connectivity index (χ4n) is 3.23. The lowest BCUT2D eigenvalue weighted by molar-refractivity contribution is -0.137. The van der Waals surface area contributed by atoms with Crippen molar-refractivity contribution in [2.75, 3.05) is 0 Å². The van der Waals surface area contributed by atoms with Gasteiger partial charge in [0.1, 0.15) is 6.54 Å². The van der Waals surface area contributed by atoms with Gasteiger partial charge in [0.05, 0.1) is 27.5 Å². The van der Waals surface area contributed by atoms with Crippen LogP contribution >= 0.6 is 11.6 Å². The SMILES string of the molecule is O=C(O)Cn1c2ccccc2c(=O)c2ccc(Cl)c(OC3CCC3)c21. The minimum Gasteiger partial charge on any atom is -0.487 e. The molecule has 0 bridgehead atoms. The lowest BCUT2D eigenvalue weighted by Crippen LogP contribution is -2.26. The Bertz CT molecular complexity index is 1050. The molecule has 1 N–H and O–H groups in total. The molecule has 1 heterocycles. The van der Waals surface area contributed by atoms with Gasteiger partial charge in [0, 0.05) is 5.39 Å². The number of nitrogens with zero attached hydrogens (tertiary/aromatic N) is 1. The number of halogens is 1. The van der Waals surface area contributed by atoms with E-state index < -0.39 is 5.97 Å². The van der Waals surface area contributed by atoms with Crippen LogP contribution < -0.4 is 10.2 Å². The number of benzene rings is 2. The third-order valence-corrected chi connectivity index (χ3v) is 4.97. The number of hydrogen-bond acceptors (Lipinski definition) is 3. The van der Waals surface area contributed by atoms with Gasteiger partial charge in [-0.1, -0.05) is 23.7 Å². The minimum atomic E-state index is -0.996. The quantitative estimate of drug-likeness (QED) is 0.721. The molecule has 0 radical (unpaired) electrons. The molecular weight excluding hydrogens is 342 g/mol. The van der Waals surface area contributed by atoms with E-state index in [4.69, 9.17) is 16.3 Å². The van der Waals surface area contributed by atoms with Crippen LogP contribution in [-0.2, 0) is 11.3 Å². The Morgan fingerprint density at radius 2 is 1.96 bits per heavy atom. The van der Waals surface area contributed by atoms with Crippen LogP contribution in [0.25, 0.3) is 21.8 Å². The van der Waals surface area contributed by atoms with Gasteiger partial charge in [-0.05, 0) is 43.5 Å². The highest BCUT2D eigenvalue weighted by Gasteiger charge is 2.24. The number of rotatable bonds is 4. The van der Waals surface area contributed by atoms with E-state index in [0.29, 0.717) is 32.6 Å². The summed E-state index contributed by atoms with van der Waals surface area (Å²) in [4.78, 5) is 24.4. The number of pyridine rings is 1. The smallest absolute Gasteiger partial charge is 0.323 e. The average Bonchev–Trinajstić information content (AvgIpc) is 2.55. The predicted octanol–water partition coefficient (Wildman–Crippen LogP) is 3.82. The highest BCUT2D eigenvalue weighted by Crippen LogP contribution is 2.37. The Labute approximate surface area is 148 Å². The van der Waals surface area contributed by atoms with Crippen LogP contribution in [-0.4, -0.2) is 21.7 Å². The first kappa shape index (κ1) is 16.0. The van der Waals surface area contributed by atoms with Crippen molar-refractivity contribution in [1.29, 1.82) is 0 Å². The molecule has 0 saturated heterocycles. The molecule has 1 saturated carbocycles. The van der Waals surface area contributed by atoms with E-state index in [2.05, 4.69) is 0 Å². The Morgan fingerprint density at radius 1 is 1.20 bits per heavy atom. The Morgan fingerprint density at radius 3 is 2.64 bits per heavy atom. The summed E-state index contributed by atoms with van der Waals surface area (Å²) in [6.45, 7) is -0.279. The second kappa shape index (κ2) is 6.08. The summed E-state index contributed by atoms with van der Waals surface area (Å²) in [5.41, 5.74) is 0.857. The third kappa shape index (κ3) is 2.65. The monoisotopic (exact) mass is 357 g/mol. The zero-order valence-corrected chi connectivity index (χ0v) is 14.1. The number of aromatic nitrogens is 1. The van der Waals surface area contributed by atoms with Gasteiger partial charge in [-0.15, -0.1) is 0 Å². The van der Waals surface area contributed by atoms with Crippen LogP contribution in [0.2, 0.25) is 5.02 Å². The van der Waals surface area contributed by atoms with Crippen molar-refractivity contribution in [3.8, 4) is 5.75 Å². The van der Waals surface area contributed by atoms with Crippen molar-refractivity contribution < 1.29 is 14.6 Å². The molecular formula is C19H16ClNO4. The number of fused-ring (bicyclic) bond motifs is 2. The Kier molecular flexibility index (Phi) is 3.88. The Balaban J connectivity index is 2.12. The second-order valence-electron chi connectivity index (χ2n) is 6.27. The van der Waals surface area contributed by atoms with Crippen molar-refractivity contribution >= 4 is 39.4 Å². The van der Waals surface area contributed by atoms with Crippen molar-refractivity contribution in [3.05, 3.63) is 51.6 Å². The molecule has 2 aromatic carbocycles. The van der Waals surface area contributed by atoms with E-state index in [1.807, 2.05) is 0 Å². The minimum absolute atomic E-state index is 0.0583. The number of carboxylic acids is 1. The van der Waals surface area contributed by atoms with E-state index in [1.54, 1.807) is 41.0 Å². The molecule has 0 amide bonds. The summed E-state index contributed by atoms with van der Waals surface area (Å²) in [6, 6.07) is 10.3. The normalized spacial score (nSPS) is 14.6. The average molecular weight is 358 g/mol. The molecule has 0 atom stereocenters. The zero-order chi connectivity index (χ0) is 17.6. The maximum Gasteiger partial charge on any atom is 0.323 e. The lowest BCUT2D eigenvalue weighted by Gasteiger charge is -2.28. The number of aliphatic carboxylic acids is 1. The molecule has 128 valence electrons. The number of para-hydroxylation sites is 1. The van der Waals surface area contributed by atoms with E-state index >= 15 is 0 Å². The molecule has 5 nitrogen and oxygen atoms in total. The first-order valence-electron chi connectivity index (χ1n) is 8.18. The summed E-state index contributed by atoms with van der Waals surface area (Å²) in [5.74, 6) is -0.599. The van der Waals surface area contributed by atoms with Crippen LogP contribution in [0.4, 0.5) is 0 Å². The van der Waals surface area contributed by atoms with Gasteiger partial charge in [-0.25, -0.2) is 0 Å². The van der Waals surface area contributed by atoms with Crippen LogP contribution in [0.1, 0.15) is 19.3 Å². The topological polar surface area (TPSA) is 68.5 Å². The molecule has 25 heavy (non-hydrogen) atoms. The van der Waals surface area contributed by atoms with Gasteiger partial charge in [0.2, 0.25) is 0 Å². The lowest BCUT2D eigenvalue weighted by atomic mass is 9.96. The molecule has 1 aromatic heterocycles. The molecule has 1 aliphatic rings. The van der Waals surface area contributed by atoms with Crippen molar-refractivity contribution in [2.45, 2.75) is 31.9 Å². The van der Waals surface area contributed by atoms with Gasteiger partial charge in [-0.2, -0.15) is 0 Å². The van der Waals surface area contributed by atoms with Gasteiger partial charge < -0.3 is 14.4 Å². The molecule has 0 spiro atoms. The fourth-order valence-corrected chi connectivity index (χ4v) is 3.43. The van der Waals surface area contributed by atoms with Gasteiger partial charge >= 0.3 is 5.97 Å². The molecule has 3 aromatic rings. The first-order valence-corrected chi connectivity index (χ1v) is 8.56. The van der Waals surface area contributed by atoms with Crippen molar-refractivity contribution in [1.82, 2.24) is 4.57 Å². The zero-order valence-electron chi connectivity index (χ0n) is 13.4. The number of ether oxygens (including phenoxy) is 1. The molecule has 0 aliphatic heterocycles. The van der Waals surface area contributed by atoms with Crippen molar-refractivity contribution in [3.63, 3.8) is 0 Å². The molecule has 1 aliphatic carbocycles. The standard InChI is InChI=1S/C19H16ClNO4/c20-14-9-8-13-17(19(14)25-11-4-3-5-11)21(10-16(22)23)15-7-2-1-6-12(15)18(13)24/h1-2,6-9,11H,3-5,10H2,(H,22,23). The van der Waals surface area contributed by atoms with Crippen molar-refractivity contribution in [2.24, 2.45) is 0 Å². The van der Waals surface area contributed by atoms with E-state index in [9.17, 15) is 14.7 Å². The largest absolute Gasteiger partial charge is 0.487 e. The fraction of sp³-hybridized carbons (Fsp3) is 0.263. The summed E-state index contributed by atoms with van der Waals surface area (Å²) in [5, 5.41) is 10.7. The number of carboxylic acid groups (broad SMARTS) is 1. The summed E-state index contributed by atoms with van der Waals surface area (Å²) in [7, 11) is 0. The number of carbonyl (C=O) groups is 1. The maximum atomic E-state index is 12.9. The van der Waals surface area contributed by atoms with Gasteiger partial charge in [0.15, 0.2) is 11.2 Å². The summed E-state index contributed by atoms with van der Waals surface area (Å²) >= 11 is 6.35.